The molecule has 0 aliphatic heterocycles. The highest BCUT2D eigenvalue weighted by molar-refractivity contribution is 5.80. The van der Waals surface area contributed by atoms with Crippen LogP contribution >= 0.6 is 0 Å². The van der Waals surface area contributed by atoms with Crippen LogP contribution in [0.3, 0.4) is 0 Å². The first-order valence-electron chi connectivity index (χ1n) is 7.07. The second-order valence-electron chi connectivity index (χ2n) is 4.87. The first-order chi connectivity index (χ1) is 9.56. The molecule has 0 aliphatic carbocycles. The molecule has 0 bridgehead atoms. The Balaban J connectivity index is 2.18. The predicted molar refractivity (Wildman–Crippen MR) is 81.4 cm³/mol. The van der Waals surface area contributed by atoms with Crippen LogP contribution in [0.2, 0.25) is 0 Å². The molecule has 1 aromatic heterocycles. The number of carbonyl (C=O) groups excluding carboxylic acids is 1. The van der Waals surface area contributed by atoms with Gasteiger partial charge in [0.25, 0.3) is 0 Å². The fourth-order valence-electron chi connectivity index (χ4n) is 2.49. The lowest BCUT2D eigenvalue weighted by molar-refractivity contribution is -0.131. The first-order valence-corrected chi connectivity index (χ1v) is 7.07. The number of aryl methyl sites for hydroxylation is 2. The largest absolute Gasteiger partial charge is 0.399 e. The number of benzene rings is 1. The number of nitrogen functional groups attached to an aromatic ring is 1. The Morgan fingerprint density at radius 1 is 1.35 bits per heavy atom. The van der Waals surface area contributed by atoms with Crippen LogP contribution < -0.4 is 5.73 Å². The monoisotopic (exact) mass is 274 g/mol. The molecule has 2 aromatic rings. The Bertz CT molecular complexity index is 614. The Morgan fingerprint density at radius 3 is 2.70 bits per heavy atom. The summed E-state index contributed by atoms with van der Waals surface area (Å²) in [7, 11) is 0. The van der Waals surface area contributed by atoms with Crippen LogP contribution in [0.1, 0.15) is 26.1 Å². The lowest BCUT2D eigenvalue weighted by Crippen LogP contribution is -2.31. The number of fused-ring (bicyclic) bond motifs is 1. The van der Waals surface area contributed by atoms with Crippen molar-refractivity contribution >= 4 is 22.6 Å². The lowest BCUT2D eigenvalue weighted by atomic mass is 10.2. The molecule has 1 aromatic carbocycles. The second-order valence-corrected chi connectivity index (χ2v) is 4.87. The number of nitrogens with zero attached hydrogens (tertiary/aromatic N) is 3. The van der Waals surface area contributed by atoms with Gasteiger partial charge in [-0.05, 0) is 39.0 Å². The number of hydrogen-bond acceptors (Lipinski definition) is 3. The van der Waals surface area contributed by atoms with Crippen molar-refractivity contribution in [3.8, 4) is 0 Å². The van der Waals surface area contributed by atoms with E-state index in [0.717, 1.165) is 29.9 Å². The van der Waals surface area contributed by atoms with Crippen LogP contribution in [0.15, 0.2) is 18.2 Å². The van der Waals surface area contributed by atoms with E-state index in [0.29, 0.717) is 18.7 Å². The minimum atomic E-state index is 0.187. The Kier molecular flexibility index (Phi) is 4.27. The van der Waals surface area contributed by atoms with E-state index in [1.54, 1.807) is 0 Å². The molecule has 0 spiro atoms. The molecular weight excluding hydrogens is 252 g/mol. The van der Waals surface area contributed by atoms with E-state index >= 15 is 0 Å². The lowest BCUT2D eigenvalue weighted by Gasteiger charge is -2.19. The van der Waals surface area contributed by atoms with Crippen LogP contribution in [0, 0.1) is 6.92 Å². The summed E-state index contributed by atoms with van der Waals surface area (Å²) in [5.74, 6) is 1.10. The fraction of sp³-hybridized carbons (Fsp3) is 0.467. The van der Waals surface area contributed by atoms with Gasteiger partial charge in [-0.1, -0.05) is 0 Å². The summed E-state index contributed by atoms with van der Waals surface area (Å²) in [6, 6.07) is 5.70. The highest BCUT2D eigenvalue weighted by atomic mass is 16.2. The average molecular weight is 274 g/mol. The van der Waals surface area contributed by atoms with Crippen molar-refractivity contribution in [1.82, 2.24) is 14.5 Å². The molecule has 1 heterocycles. The van der Waals surface area contributed by atoms with E-state index in [-0.39, 0.29) is 5.91 Å². The molecule has 0 radical (unpaired) electrons. The highest BCUT2D eigenvalue weighted by Gasteiger charge is 2.12. The Hall–Kier alpha value is -2.04. The van der Waals surface area contributed by atoms with Crippen LogP contribution in [0.25, 0.3) is 11.0 Å². The Labute approximate surface area is 119 Å². The number of rotatable bonds is 5. The summed E-state index contributed by atoms with van der Waals surface area (Å²) in [6.07, 6.45) is 0.498. The summed E-state index contributed by atoms with van der Waals surface area (Å²) in [5, 5.41) is 0. The molecule has 0 atom stereocenters. The van der Waals surface area contributed by atoms with Crippen LogP contribution in [0.5, 0.6) is 0 Å². The van der Waals surface area contributed by atoms with E-state index in [9.17, 15) is 4.79 Å². The summed E-state index contributed by atoms with van der Waals surface area (Å²) < 4.78 is 2.08. The van der Waals surface area contributed by atoms with Gasteiger partial charge in [0, 0.05) is 31.7 Å². The van der Waals surface area contributed by atoms with E-state index in [4.69, 9.17) is 5.73 Å². The van der Waals surface area contributed by atoms with E-state index in [1.165, 1.54) is 0 Å². The molecule has 5 heteroatoms. The van der Waals surface area contributed by atoms with E-state index < -0.39 is 0 Å². The van der Waals surface area contributed by atoms with Crippen molar-refractivity contribution in [2.24, 2.45) is 0 Å². The molecule has 0 aliphatic rings. The number of aromatic nitrogens is 2. The minimum absolute atomic E-state index is 0.187. The maximum Gasteiger partial charge on any atom is 0.224 e. The quantitative estimate of drug-likeness (QED) is 0.850. The molecule has 0 saturated heterocycles. The van der Waals surface area contributed by atoms with Crippen molar-refractivity contribution in [3.05, 3.63) is 24.0 Å². The Morgan fingerprint density at radius 2 is 2.05 bits per heavy atom. The number of amides is 1. The third-order valence-corrected chi connectivity index (χ3v) is 3.63. The van der Waals surface area contributed by atoms with Crippen molar-refractivity contribution in [2.45, 2.75) is 33.7 Å². The van der Waals surface area contributed by atoms with Gasteiger partial charge in [-0.3, -0.25) is 4.79 Å². The highest BCUT2D eigenvalue weighted by Crippen LogP contribution is 2.19. The maximum absolute atomic E-state index is 12.1. The van der Waals surface area contributed by atoms with E-state index in [1.807, 2.05) is 43.9 Å². The fourth-order valence-corrected chi connectivity index (χ4v) is 2.49. The molecule has 0 unspecified atom stereocenters. The molecule has 0 saturated carbocycles. The number of imidazole rings is 1. The summed E-state index contributed by atoms with van der Waals surface area (Å²) >= 11 is 0. The number of carbonyl (C=O) groups is 1. The summed E-state index contributed by atoms with van der Waals surface area (Å²) in [6.45, 7) is 8.13. The molecule has 0 fully saturated rings. The molecular formula is C15H22N4O. The molecule has 108 valence electrons. The molecule has 20 heavy (non-hydrogen) atoms. The van der Waals surface area contributed by atoms with Gasteiger partial charge in [-0.25, -0.2) is 4.98 Å². The van der Waals surface area contributed by atoms with Gasteiger partial charge in [-0.2, -0.15) is 0 Å². The standard InChI is InChI=1S/C15H22N4O/c1-4-18(5-2)15(20)8-9-19-11(3)17-13-10-12(16)6-7-14(13)19/h6-7,10H,4-5,8-9,16H2,1-3H3. The van der Waals surface area contributed by atoms with Crippen molar-refractivity contribution in [2.75, 3.05) is 18.8 Å². The zero-order valence-electron chi connectivity index (χ0n) is 12.4. The van der Waals surface area contributed by atoms with Crippen molar-refractivity contribution in [3.63, 3.8) is 0 Å². The minimum Gasteiger partial charge on any atom is -0.399 e. The molecule has 2 N–H and O–H groups in total. The third kappa shape index (κ3) is 2.76. The summed E-state index contributed by atoms with van der Waals surface area (Å²) in [5.41, 5.74) is 8.40. The van der Waals surface area contributed by atoms with Crippen molar-refractivity contribution in [1.29, 1.82) is 0 Å². The van der Waals surface area contributed by atoms with Crippen LogP contribution in [0.4, 0.5) is 5.69 Å². The SMILES string of the molecule is CCN(CC)C(=O)CCn1c(C)nc2cc(N)ccc21. The smallest absolute Gasteiger partial charge is 0.224 e. The van der Waals surface area contributed by atoms with Crippen LogP contribution in [-0.4, -0.2) is 33.4 Å². The molecule has 5 nitrogen and oxygen atoms in total. The van der Waals surface area contributed by atoms with E-state index in [2.05, 4.69) is 9.55 Å². The first kappa shape index (κ1) is 14.4. The van der Waals surface area contributed by atoms with Gasteiger partial charge < -0.3 is 15.2 Å². The maximum atomic E-state index is 12.1. The zero-order chi connectivity index (χ0) is 14.7. The second kappa shape index (κ2) is 5.94. The molecule has 2 rings (SSSR count). The topological polar surface area (TPSA) is 64.2 Å². The normalized spacial score (nSPS) is 10.9. The number of hydrogen-bond donors (Lipinski definition) is 1. The number of anilines is 1. The zero-order valence-corrected chi connectivity index (χ0v) is 12.4. The average Bonchev–Trinajstić information content (AvgIpc) is 2.72. The van der Waals surface area contributed by atoms with Gasteiger partial charge in [0.05, 0.1) is 11.0 Å². The van der Waals surface area contributed by atoms with Gasteiger partial charge in [0.2, 0.25) is 5.91 Å². The van der Waals surface area contributed by atoms with Crippen LogP contribution in [-0.2, 0) is 11.3 Å². The van der Waals surface area contributed by atoms with Gasteiger partial charge >= 0.3 is 0 Å². The van der Waals surface area contributed by atoms with Gasteiger partial charge in [-0.15, -0.1) is 0 Å². The van der Waals surface area contributed by atoms with Gasteiger partial charge in [0.1, 0.15) is 5.82 Å². The summed E-state index contributed by atoms with van der Waals surface area (Å²) in [4.78, 5) is 18.4. The third-order valence-electron chi connectivity index (χ3n) is 3.63. The van der Waals surface area contributed by atoms with Crippen molar-refractivity contribution < 1.29 is 4.79 Å². The number of nitrogens with two attached hydrogens (primary N) is 1. The van der Waals surface area contributed by atoms with Gasteiger partial charge in [0.15, 0.2) is 0 Å². The predicted octanol–water partition coefficient (Wildman–Crippen LogP) is 2.19. The molecule has 1 amide bonds.